The van der Waals surface area contributed by atoms with Crippen molar-refractivity contribution >= 4 is 0 Å². The molecule has 1 fully saturated rings. The van der Waals surface area contributed by atoms with Crippen molar-refractivity contribution in [1.82, 2.24) is 0 Å². The molecule has 0 bridgehead atoms. The predicted molar refractivity (Wildman–Crippen MR) is 102 cm³/mol. The lowest BCUT2D eigenvalue weighted by atomic mass is 9.77. The van der Waals surface area contributed by atoms with Gasteiger partial charge in [0.2, 0.25) is 0 Å². The maximum absolute atomic E-state index is 5.41. The van der Waals surface area contributed by atoms with Crippen LogP contribution in [0, 0.1) is 24.2 Å². The standard InChI is InChI=1S/C23H34/c1-3-5-6-7-8-9-21-14-16-23(17-15-21)19-18-22-12-10-20(4-2)11-13-22/h2,10-13,21,23H,3,5-9,14-19H2,1H3/t21-,23-. The number of aryl methyl sites for hydroxylation is 1. The Kier molecular flexibility index (Phi) is 8.30. The maximum Gasteiger partial charge on any atom is 0.0242 e. The van der Waals surface area contributed by atoms with Gasteiger partial charge in [-0.25, -0.2) is 0 Å². The molecule has 1 aliphatic rings. The molecule has 2 rings (SSSR count). The van der Waals surface area contributed by atoms with E-state index >= 15 is 0 Å². The number of benzene rings is 1. The lowest BCUT2D eigenvalue weighted by Gasteiger charge is -2.28. The van der Waals surface area contributed by atoms with Gasteiger partial charge in [-0.1, -0.05) is 89.2 Å². The van der Waals surface area contributed by atoms with E-state index in [1.807, 2.05) is 0 Å². The summed E-state index contributed by atoms with van der Waals surface area (Å²) >= 11 is 0. The lowest BCUT2D eigenvalue weighted by Crippen LogP contribution is -2.15. The van der Waals surface area contributed by atoms with E-state index in [1.54, 1.807) is 0 Å². The van der Waals surface area contributed by atoms with Gasteiger partial charge in [-0.3, -0.25) is 0 Å². The van der Waals surface area contributed by atoms with Gasteiger partial charge < -0.3 is 0 Å². The van der Waals surface area contributed by atoms with Crippen LogP contribution in [0.5, 0.6) is 0 Å². The van der Waals surface area contributed by atoms with Crippen LogP contribution in [0.1, 0.15) is 88.7 Å². The Balaban J connectivity index is 1.58. The molecular formula is C23H34. The van der Waals surface area contributed by atoms with Crippen LogP contribution in [0.15, 0.2) is 24.3 Å². The van der Waals surface area contributed by atoms with Crippen LogP contribution >= 0.6 is 0 Å². The van der Waals surface area contributed by atoms with Gasteiger partial charge in [-0.05, 0) is 42.4 Å². The molecule has 0 N–H and O–H groups in total. The normalized spacial score (nSPS) is 21.0. The van der Waals surface area contributed by atoms with Crippen LogP contribution in [-0.2, 0) is 6.42 Å². The van der Waals surface area contributed by atoms with E-state index in [2.05, 4.69) is 37.1 Å². The molecule has 0 saturated heterocycles. The third kappa shape index (κ3) is 6.82. The second-order valence-corrected chi connectivity index (χ2v) is 7.47. The van der Waals surface area contributed by atoms with Gasteiger partial charge in [-0.2, -0.15) is 0 Å². The molecule has 126 valence electrons. The molecule has 1 aromatic carbocycles. The van der Waals surface area contributed by atoms with E-state index in [0.29, 0.717) is 0 Å². The molecule has 0 atom stereocenters. The van der Waals surface area contributed by atoms with Crippen LogP contribution in [0.3, 0.4) is 0 Å². The molecule has 0 aromatic heterocycles. The van der Waals surface area contributed by atoms with Crippen molar-refractivity contribution in [3.8, 4) is 12.3 Å². The second kappa shape index (κ2) is 10.5. The predicted octanol–water partition coefficient (Wildman–Crippen LogP) is 6.77. The highest BCUT2D eigenvalue weighted by atomic mass is 14.3. The average molecular weight is 311 g/mol. The third-order valence-corrected chi connectivity index (χ3v) is 5.64. The Morgan fingerprint density at radius 2 is 1.48 bits per heavy atom. The van der Waals surface area contributed by atoms with E-state index < -0.39 is 0 Å². The summed E-state index contributed by atoms with van der Waals surface area (Å²) in [4.78, 5) is 0. The van der Waals surface area contributed by atoms with Crippen molar-refractivity contribution in [3.63, 3.8) is 0 Å². The van der Waals surface area contributed by atoms with Crippen molar-refractivity contribution in [3.05, 3.63) is 35.4 Å². The van der Waals surface area contributed by atoms with Gasteiger partial charge in [-0.15, -0.1) is 6.42 Å². The number of rotatable bonds is 9. The van der Waals surface area contributed by atoms with Gasteiger partial charge in [0.15, 0.2) is 0 Å². The van der Waals surface area contributed by atoms with Crippen LogP contribution in [0.25, 0.3) is 0 Å². The summed E-state index contributed by atoms with van der Waals surface area (Å²) in [5, 5.41) is 0. The SMILES string of the molecule is C#Cc1ccc(CC[C@H]2CC[C@H](CCCCCCC)CC2)cc1. The smallest absolute Gasteiger partial charge is 0.0242 e. The summed E-state index contributed by atoms with van der Waals surface area (Å²) in [5.74, 6) is 4.68. The van der Waals surface area contributed by atoms with Gasteiger partial charge in [0.1, 0.15) is 0 Å². The average Bonchev–Trinajstić information content (AvgIpc) is 2.61. The highest BCUT2D eigenvalue weighted by Crippen LogP contribution is 2.34. The van der Waals surface area contributed by atoms with E-state index in [4.69, 9.17) is 6.42 Å². The molecule has 1 saturated carbocycles. The zero-order valence-electron chi connectivity index (χ0n) is 15.0. The topological polar surface area (TPSA) is 0 Å². The Labute approximate surface area is 144 Å². The van der Waals surface area contributed by atoms with Crippen LogP contribution in [-0.4, -0.2) is 0 Å². The van der Waals surface area contributed by atoms with Crippen LogP contribution in [0.4, 0.5) is 0 Å². The zero-order chi connectivity index (χ0) is 16.3. The first-order chi connectivity index (χ1) is 11.3. The lowest BCUT2D eigenvalue weighted by molar-refractivity contribution is 0.248. The highest BCUT2D eigenvalue weighted by molar-refractivity contribution is 5.34. The Hall–Kier alpha value is -1.22. The molecule has 0 heteroatoms. The molecule has 23 heavy (non-hydrogen) atoms. The van der Waals surface area contributed by atoms with Gasteiger partial charge in [0, 0.05) is 5.56 Å². The van der Waals surface area contributed by atoms with Gasteiger partial charge in [0.05, 0.1) is 0 Å². The summed E-state index contributed by atoms with van der Waals surface area (Å²) in [5.41, 5.74) is 2.44. The van der Waals surface area contributed by atoms with Crippen molar-refractivity contribution in [1.29, 1.82) is 0 Å². The molecule has 0 unspecified atom stereocenters. The summed E-state index contributed by atoms with van der Waals surface area (Å²) in [6.45, 7) is 2.30. The van der Waals surface area contributed by atoms with Crippen molar-refractivity contribution in [2.24, 2.45) is 11.8 Å². The largest absolute Gasteiger partial charge is 0.115 e. The first-order valence-corrected chi connectivity index (χ1v) is 9.87. The van der Waals surface area contributed by atoms with Crippen LogP contribution in [0.2, 0.25) is 0 Å². The highest BCUT2D eigenvalue weighted by Gasteiger charge is 2.20. The van der Waals surface area contributed by atoms with E-state index in [0.717, 1.165) is 17.4 Å². The molecule has 0 spiro atoms. The second-order valence-electron chi connectivity index (χ2n) is 7.47. The van der Waals surface area contributed by atoms with Crippen molar-refractivity contribution in [2.75, 3.05) is 0 Å². The van der Waals surface area contributed by atoms with E-state index in [-0.39, 0.29) is 0 Å². The van der Waals surface area contributed by atoms with Crippen molar-refractivity contribution in [2.45, 2.75) is 84.0 Å². The summed E-state index contributed by atoms with van der Waals surface area (Å²) in [7, 11) is 0. The number of hydrogen-bond acceptors (Lipinski definition) is 0. The fraction of sp³-hybridized carbons (Fsp3) is 0.652. The first-order valence-electron chi connectivity index (χ1n) is 9.87. The minimum absolute atomic E-state index is 0.957. The molecule has 0 amide bonds. The van der Waals surface area contributed by atoms with Crippen LogP contribution < -0.4 is 0 Å². The minimum Gasteiger partial charge on any atom is -0.115 e. The molecular weight excluding hydrogens is 276 g/mol. The summed E-state index contributed by atoms with van der Waals surface area (Å²) < 4.78 is 0. The number of terminal acetylenes is 1. The van der Waals surface area contributed by atoms with Gasteiger partial charge in [0.25, 0.3) is 0 Å². The molecule has 1 aliphatic carbocycles. The molecule has 0 aliphatic heterocycles. The fourth-order valence-corrected chi connectivity index (χ4v) is 3.98. The van der Waals surface area contributed by atoms with Crippen molar-refractivity contribution < 1.29 is 0 Å². The maximum atomic E-state index is 5.41. The molecule has 0 heterocycles. The van der Waals surface area contributed by atoms with E-state index in [1.165, 1.54) is 82.6 Å². The Morgan fingerprint density at radius 3 is 2.09 bits per heavy atom. The summed E-state index contributed by atoms with van der Waals surface area (Å²) in [6, 6.07) is 8.56. The Morgan fingerprint density at radius 1 is 0.870 bits per heavy atom. The quantitative estimate of drug-likeness (QED) is 0.349. The molecule has 1 aromatic rings. The summed E-state index contributed by atoms with van der Waals surface area (Å²) in [6.07, 6.45) is 22.5. The third-order valence-electron chi connectivity index (χ3n) is 5.64. The fourth-order valence-electron chi connectivity index (χ4n) is 3.98. The minimum atomic E-state index is 0.957. The molecule has 0 radical (unpaired) electrons. The number of hydrogen-bond donors (Lipinski definition) is 0. The monoisotopic (exact) mass is 310 g/mol. The van der Waals surface area contributed by atoms with Gasteiger partial charge >= 0.3 is 0 Å². The first kappa shape index (κ1) is 18.1. The zero-order valence-corrected chi connectivity index (χ0v) is 15.0. The number of unbranched alkanes of at least 4 members (excludes halogenated alkanes) is 4. The molecule has 0 nitrogen and oxygen atoms in total. The Bertz CT molecular complexity index is 454. The van der Waals surface area contributed by atoms with E-state index in [9.17, 15) is 0 Å².